The first-order chi connectivity index (χ1) is 14.2. The number of thiazole rings is 1. The summed E-state index contributed by atoms with van der Waals surface area (Å²) in [6.07, 6.45) is 1.01. The number of fused-ring (bicyclic) bond motifs is 2. The molecule has 0 saturated carbocycles. The van der Waals surface area contributed by atoms with Crippen LogP contribution >= 0.6 is 11.3 Å². The van der Waals surface area contributed by atoms with Gasteiger partial charge < -0.3 is 14.2 Å². The molecule has 2 aliphatic heterocycles. The van der Waals surface area contributed by atoms with Crippen LogP contribution in [0.1, 0.15) is 12.8 Å². The maximum Gasteiger partial charge on any atom is 0.273 e. The van der Waals surface area contributed by atoms with Crippen LogP contribution in [0, 0.1) is 5.82 Å². The Labute approximate surface area is 170 Å². The number of rotatable bonds is 4. The minimum Gasteiger partial charge on any atom is -0.485 e. The summed E-state index contributed by atoms with van der Waals surface area (Å²) in [6, 6.07) is 11.7. The van der Waals surface area contributed by atoms with E-state index in [9.17, 15) is 9.18 Å². The molecule has 0 N–H and O–H groups in total. The maximum absolute atomic E-state index is 13.6. The van der Waals surface area contributed by atoms with E-state index >= 15 is 0 Å². The molecule has 1 saturated heterocycles. The van der Waals surface area contributed by atoms with Crippen LogP contribution < -0.4 is 14.4 Å². The van der Waals surface area contributed by atoms with Gasteiger partial charge in [-0.15, -0.1) is 0 Å². The number of carbonyl (C=O) groups is 1. The Balaban J connectivity index is 1.45. The first-order valence-corrected chi connectivity index (χ1v) is 10.4. The molecule has 3 aromatic rings. The fourth-order valence-electron chi connectivity index (χ4n) is 3.57. The van der Waals surface area contributed by atoms with E-state index in [2.05, 4.69) is 4.98 Å². The summed E-state index contributed by atoms with van der Waals surface area (Å²) in [4.78, 5) is 19.6. The summed E-state index contributed by atoms with van der Waals surface area (Å²) in [5.41, 5.74) is 0.655. The molecule has 0 spiro atoms. The van der Waals surface area contributed by atoms with Crippen molar-refractivity contribution in [2.24, 2.45) is 0 Å². The highest BCUT2D eigenvalue weighted by molar-refractivity contribution is 7.22. The van der Waals surface area contributed by atoms with E-state index < -0.39 is 6.10 Å². The topological polar surface area (TPSA) is 60.9 Å². The molecule has 3 heterocycles. The molecule has 0 bridgehead atoms. The molecule has 0 radical (unpaired) electrons. The predicted molar refractivity (Wildman–Crippen MR) is 107 cm³/mol. The normalized spacial score (nSPS) is 20.7. The van der Waals surface area contributed by atoms with Crippen LogP contribution in [0.2, 0.25) is 0 Å². The first kappa shape index (κ1) is 18.3. The molecule has 1 fully saturated rings. The average Bonchev–Trinajstić information content (AvgIpc) is 3.40. The van der Waals surface area contributed by atoms with Gasteiger partial charge in [-0.2, -0.15) is 0 Å². The van der Waals surface area contributed by atoms with Crippen molar-refractivity contribution in [3.05, 3.63) is 48.3 Å². The van der Waals surface area contributed by atoms with Gasteiger partial charge in [-0.1, -0.05) is 23.5 Å². The van der Waals surface area contributed by atoms with Crippen molar-refractivity contribution in [2.75, 3.05) is 24.7 Å². The van der Waals surface area contributed by atoms with Crippen LogP contribution in [-0.2, 0) is 9.53 Å². The lowest BCUT2D eigenvalue weighted by Gasteiger charge is -2.30. The number of nitrogens with zero attached hydrogens (tertiary/aromatic N) is 2. The molecular weight excluding hydrogens is 395 g/mol. The van der Waals surface area contributed by atoms with Crippen LogP contribution in [0.3, 0.4) is 0 Å². The zero-order valence-corrected chi connectivity index (χ0v) is 16.4. The van der Waals surface area contributed by atoms with Crippen molar-refractivity contribution in [3.63, 3.8) is 0 Å². The van der Waals surface area contributed by atoms with Crippen molar-refractivity contribution in [1.29, 1.82) is 0 Å². The zero-order chi connectivity index (χ0) is 19.8. The predicted octanol–water partition coefficient (Wildman–Crippen LogP) is 3.79. The van der Waals surface area contributed by atoms with Gasteiger partial charge in [0.05, 0.1) is 22.9 Å². The fraction of sp³-hybridized carbons (Fsp3) is 0.333. The molecular formula is C21H19FN2O4S. The van der Waals surface area contributed by atoms with E-state index in [4.69, 9.17) is 14.2 Å². The summed E-state index contributed by atoms with van der Waals surface area (Å²) in [6.45, 7) is 1.19. The molecule has 2 aliphatic rings. The molecule has 1 aromatic heterocycles. The zero-order valence-electron chi connectivity index (χ0n) is 15.5. The van der Waals surface area contributed by atoms with Crippen molar-refractivity contribution in [2.45, 2.75) is 25.0 Å². The second-order valence-corrected chi connectivity index (χ2v) is 8.07. The SMILES string of the molecule is O=C(C1COc2ccccc2O1)N(CC1CCCO1)c1nc2ccc(F)cc2s1. The molecule has 0 aliphatic carbocycles. The van der Waals surface area contributed by atoms with Crippen LogP contribution in [0.5, 0.6) is 11.5 Å². The highest BCUT2D eigenvalue weighted by atomic mass is 32.1. The first-order valence-electron chi connectivity index (χ1n) is 9.55. The van der Waals surface area contributed by atoms with Crippen molar-refractivity contribution in [3.8, 4) is 11.5 Å². The smallest absolute Gasteiger partial charge is 0.273 e. The fourth-order valence-corrected chi connectivity index (χ4v) is 4.58. The van der Waals surface area contributed by atoms with Gasteiger partial charge in [0, 0.05) is 6.61 Å². The molecule has 8 heteroatoms. The van der Waals surface area contributed by atoms with Gasteiger partial charge in [-0.05, 0) is 43.2 Å². The van der Waals surface area contributed by atoms with Gasteiger partial charge >= 0.3 is 0 Å². The number of hydrogen-bond acceptors (Lipinski definition) is 6. The van der Waals surface area contributed by atoms with E-state index in [0.717, 1.165) is 12.8 Å². The molecule has 2 unspecified atom stereocenters. The summed E-state index contributed by atoms with van der Waals surface area (Å²) in [7, 11) is 0. The van der Waals surface area contributed by atoms with E-state index in [1.165, 1.54) is 23.5 Å². The Morgan fingerprint density at radius 1 is 1.24 bits per heavy atom. The van der Waals surface area contributed by atoms with E-state index in [-0.39, 0.29) is 24.4 Å². The van der Waals surface area contributed by atoms with Crippen molar-refractivity contribution in [1.82, 2.24) is 4.98 Å². The van der Waals surface area contributed by atoms with Crippen LogP contribution in [0.25, 0.3) is 10.2 Å². The van der Waals surface area contributed by atoms with Gasteiger partial charge in [-0.25, -0.2) is 9.37 Å². The number of para-hydroxylation sites is 2. The number of hydrogen-bond donors (Lipinski definition) is 0. The third-order valence-electron chi connectivity index (χ3n) is 5.03. The Morgan fingerprint density at radius 3 is 2.93 bits per heavy atom. The highest BCUT2D eigenvalue weighted by Crippen LogP contribution is 2.34. The average molecular weight is 414 g/mol. The molecule has 29 heavy (non-hydrogen) atoms. The number of anilines is 1. The number of halogens is 1. The third kappa shape index (κ3) is 3.65. The Hall–Kier alpha value is -2.71. The lowest BCUT2D eigenvalue weighted by molar-refractivity contribution is -0.128. The number of aromatic nitrogens is 1. The van der Waals surface area contributed by atoms with Gasteiger partial charge in [0.2, 0.25) is 6.10 Å². The monoisotopic (exact) mass is 414 g/mol. The van der Waals surface area contributed by atoms with Gasteiger partial charge in [0.15, 0.2) is 16.6 Å². The molecule has 2 aromatic carbocycles. The van der Waals surface area contributed by atoms with Crippen LogP contribution in [0.15, 0.2) is 42.5 Å². The second kappa shape index (κ2) is 7.61. The Kier molecular flexibility index (Phi) is 4.81. The number of benzene rings is 2. The Bertz CT molecular complexity index is 1050. The molecule has 2 atom stereocenters. The lowest BCUT2D eigenvalue weighted by atomic mass is 10.2. The number of ether oxygens (including phenoxy) is 3. The van der Waals surface area contributed by atoms with Crippen LogP contribution in [0.4, 0.5) is 9.52 Å². The van der Waals surface area contributed by atoms with Gasteiger partial charge in [0.1, 0.15) is 12.4 Å². The summed E-state index contributed by atoms with van der Waals surface area (Å²) < 4.78 is 31.7. The summed E-state index contributed by atoms with van der Waals surface area (Å²) in [5, 5.41) is 0.508. The van der Waals surface area contributed by atoms with Crippen molar-refractivity contribution >= 4 is 32.6 Å². The summed E-state index contributed by atoms with van der Waals surface area (Å²) >= 11 is 1.28. The van der Waals surface area contributed by atoms with E-state index in [1.807, 2.05) is 18.2 Å². The van der Waals surface area contributed by atoms with Gasteiger partial charge in [0.25, 0.3) is 5.91 Å². The Morgan fingerprint density at radius 2 is 2.10 bits per heavy atom. The van der Waals surface area contributed by atoms with Gasteiger partial charge in [-0.3, -0.25) is 9.69 Å². The lowest BCUT2D eigenvalue weighted by Crippen LogP contribution is -2.48. The quantitative estimate of drug-likeness (QED) is 0.650. The van der Waals surface area contributed by atoms with Crippen molar-refractivity contribution < 1.29 is 23.4 Å². The van der Waals surface area contributed by atoms with E-state index in [0.29, 0.717) is 40.0 Å². The second-order valence-electron chi connectivity index (χ2n) is 7.06. The number of carbonyl (C=O) groups excluding carboxylic acids is 1. The van der Waals surface area contributed by atoms with Crippen LogP contribution in [-0.4, -0.2) is 42.9 Å². The molecule has 6 nitrogen and oxygen atoms in total. The standard InChI is InChI=1S/C21H19FN2O4S/c22-13-7-8-15-19(10-13)29-21(23-15)24(11-14-4-3-9-26-14)20(25)18-12-27-16-5-1-2-6-17(16)28-18/h1-2,5-8,10,14,18H,3-4,9,11-12H2. The largest absolute Gasteiger partial charge is 0.485 e. The maximum atomic E-state index is 13.6. The molecule has 1 amide bonds. The highest BCUT2D eigenvalue weighted by Gasteiger charge is 2.35. The minimum atomic E-state index is -0.782. The number of amides is 1. The summed E-state index contributed by atoms with van der Waals surface area (Å²) in [5.74, 6) is 0.595. The molecule has 5 rings (SSSR count). The minimum absolute atomic E-state index is 0.0560. The molecule has 150 valence electrons. The van der Waals surface area contributed by atoms with E-state index in [1.54, 1.807) is 17.0 Å². The third-order valence-corrected chi connectivity index (χ3v) is 6.07.